The van der Waals surface area contributed by atoms with Crippen molar-refractivity contribution in [3.8, 4) is 11.5 Å². The van der Waals surface area contributed by atoms with E-state index in [-0.39, 0.29) is 17.8 Å². The third-order valence-electron chi connectivity index (χ3n) is 3.57. The second kappa shape index (κ2) is 8.06. The highest BCUT2D eigenvalue weighted by atomic mass is 16.4. The summed E-state index contributed by atoms with van der Waals surface area (Å²) in [7, 11) is 0. The van der Waals surface area contributed by atoms with Crippen molar-refractivity contribution >= 4 is 23.5 Å². The van der Waals surface area contributed by atoms with Crippen LogP contribution in [0.2, 0.25) is 0 Å². The van der Waals surface area contributed by atoms with Crippen LogP contribution in [0.3, 0.4) is 0 Å². The van der Waals surface area contributed by atoms with Crippen LogP contribution in [0.15, 0.2) is 59.0 Å². The van der Waals surface area contributed by atoms with Gasteiger partial charge < -0.3 is 9.73 Å². The molecule has 1 heterocycles. The van der Waals surface area contributed by atoms with Crippen LogP contribution in [0.25, 0.3) is 11.5 Å². The number of rotatable bonds is 6. The second-order valence-electron chi connectivity index (χ2n) is 5.61. The molecule has 0 fully saturated rings. The quantitative estimate of drug-likeness (QED) is 0.706. The minimum absolute atomic E-state index is 0.0224. The van der Waals surface area contributed by atoms with Gasteiger partial charge in [0.25, 0.3) is 5.91 Å². The maximum Gasteiger partial charge on any atom is 0.322 e. The van der Waals surface area contributed by atoms with Crippen molar-refractivity contribution in [2.24, 2.45) is 0 Å². The van der Waals surface area contributed by atoms with Crippen molar-refractivity contribution in [3.63, 3.8) is 0 Å². The van der Waals surface area contributed by atoms with E-state index in [0.29, 0.717) is 23.6 Å². The van der Waals surface area contributed by atoms with Crippen LogP contribution in [0.1, 0.15) is 30.1 Å². The summed E-state index contributed by atoms with van der Waals surface area (Å²) in [5.74, 6) is -0.0985. The van der Waals surface area contributed by atoms with Gasteiger partial charge in [0.2, 0.25) is 11.8 Å². The molecular formula is C19H18N4O3. The van der Waals surface area contributed by atoms with Crippen LogP contribution in [0.4, 0.5) is 11.7 Å². The molecule has 132 valence electrons. The van der Waals surface area contributed by atoms with Crippen LogP contribution in [-0.2, 0) is 4.79 Å². The van der Waals surface area contributed by atoms with Crippen LogP contribution in [-0.4, -0.2) is 22.0 Å². The first-order chi connectivity index (χ1) is 12.7. The first-order valence-electron chi connectivity index (χ1n) is 8.26. The summed E-state index contributed by atoms with van der Waals surface area (Å²) >= 11 is 0. The van der Waals surface area contributed by atoms with Crippen molar-refractivity contribution in [2.45, 2.75) is 19.8 Å². The van der Waals surface area contributed by atoms with Gasteiger partial charge in [-0.2, -0.15) is 0 Å². The highest BCUT2D eigenvalue weighted by Crippen LogP contribution is 2.19. The van der Waals surface area contributed by atoms with Gasteiger partial charge in [0.05, 0.1) is 0 Å². The average molecular weight is 350 g/mol. The Balaban J connectivity index is 1.63. The highest BCUT2D eigenvalue weighted by Gasteiger charge is 2.13. The zero-order valence-electron chi connectivity index (χ0n) is 14.2. The number of hydrogen-bond acceptors (Lipinski definition) is 5. The first kappa shape index (κ1) is 17.3. The van der Waals surface area contributed by atoms with E-state index < -0.39 is 0 Å². The van der Waals surface area contributed by atoms with Crippen molar-refractivity contribution in [1.29, 1.82) is 0 Å². The number of carbonyl (C=O) groups is 2. The molecule has 0 atom stereocenters. The van der Waals surface area contributed by atoms with Gasteiger partial charge >= 0.3 is 6.01 Å². The van der Waals surface area contributed by atoms with E-state index in [2.05, 4.69) is 20.8 Å². The summed E-state index contributed by atoms with van der Waals surface area (Å²) < 4.78 is 5.45. The van der Waals surface area contributed by atoms with E-state index >= 15 is 0 Å². The summed E-state index contributed by atoms with van der Waals surface area (Å²) in [6.45, 7) is 1.94. The normalized spacial score (nSPS) is 10.3. The molecule has 0 unspecified atom stereocenters. The van der Waals surface area contributed by atoms with Gasteiger partial charge in [0.1, 0.15) is 0 Å². The van der Waals surface area contributed by atoms with Gasteiger partial charge in [0.15, 0.2) is 0 Å². The Morgan fingerprint density at radius 2 is 1.69 bits per heavy atom. The molecule has 3 aromatic rings. The third-order valence-corrected chi connectivity index (χ3v) is 3.57. The Morgan fingerprint density at radius 3 is 2.38 bits per heavy atom. The Labute approximate surface area is 150 Å². The first-order valence-corrected chi connectivity index (χ1v) is 8.26. The molecule has 0 saturated carbocycles. The van der Waals surface area contributed by atoms with E-state index in [0.717, 1.165) is 12.0 Å². The minimum atomic E-state index is -0.375. The van der Waals surface area contributed by atoms with Crippen molar-refractivity contribution in [1.82, 2.24) is 10.2 Å². The van der Waals surface area contributed by atoms with E-state index in [9.17, 15) is 9.59 Å². The lowest BCUT2D eigenvalue weighted by atomic mass is 10.2. The molecule has 2 aromatic carbocycles. The van der Waals surface area contributed by atoms with Gasteiger partial charge in [-0.25, -0.2) is 0 Å². The van der Waals surface area contributed by atoms with E-state index in [1.165, 1.54) is 0 Å². The molecule has 1 aromatic heterocycles. The maximum absolute atomic E-state index is 12.3. The van der Waals surface area contributed by atoms with Crippen LogP contribution >= 0.6 is 0 Å². The number of aromatic nitrogens is 2. The predicted molar refractivity (Wildman–Crippen MR) is 97.7 cm³/mol. The van der Waals surface area contributed by atoms with Gasteiger partial charge in [0, 0.05) is 23.2 Å². The summed E-state index contributed by atoms with van der Waals surface area (Å²) in [5, 5.41) is 13.1. The van der Waals surface area contributed by atoms with Crippen molar-refractivity contribution in [2.75, 3.05) is 10.6 Å². The molecule has 7 heteroatoms. The van der Waals surface area contributed by atoms with Gasteiger partial charge in [-0.05, 0) is 42.8 Å². The Morgan fingerprint density at radius 1 is 0.962 bits per heavy atom. The molecule has 0 aliphatic rings. The third kappa shape index (κ3) is 4.32. The second-order valence-corrected chi connectivity index (χ2v) is 5.61. The molecule has 7 nitrogen and oxygen atoms in total. The molecular weight excluding hydrogens is 332 g/mol. The number of anilines is 2. The van der Waals surface area contributed by atoms with Gasteiger partial charge in [-0.15, -0.1) is 5.10 Å². The molecule has 3 rings (SSSR count). The van der Waals surface area contributed by atoms with Crippen LogP contribution < -0.4 is 10.6 Å². The molecule has 0 aliphatic heterocycles. The molecule has 2 N–H and O–H groups in total. The number of nitrogens with zero attached hydrogens (tertiary/aromatic N) is 2. The predicted octanol–water partition coefficient (Wildman–Crippen LogP) is 3.73. The summed E-state index contributed by atoms with van der Waals surface area (Å²) in [5.41, 5.74) is 1.83. The van der Waals surface area contributed by atoms with Gasteiger partial charge in [-0.1, -0.05) is 30.2 Å². The number of benzene rings is 2. The topological polar surface area (TPSA) is 97.1 Å². The SMILES string of the molecule is CCCC(=O)Nc1ccc(C(=O)Nc2nnc(-c3ccccc3)o2)cc1. The molecule has 0 bridgehead atoms. The van der Waals surface area contributed by atoms with Crippen LogP contribution in [0.5, 0.6) is 0 Å². The Bertz CT molecular complexity index is 889. The van der Waals surface area contributed by atoms with Crippen molar-refractivity contribution < 1.29 is 14.0 Å². The standard InChI is InChI=1S/C19H18N4O3/c1-2-6-16(24)20-15-11-9-13(10-12-15)17(25)21-19-23-22-18(26-19)14-7-4-3-5-8-14/h3-5,7-12H,2,6H2,1H3,(H,20,24)(H,21,23,25). The number of amides is 2. The van der Waals surface area contributed by atoms with Crippen LogP contribution in [0, 0.1) is 0 Å². The fourth-order valence-corrected chi connectivity index (χ4v) is 2.30. The Hall–Kier alpha value is -3.48. The number of carbonyl (C=O) groups excluding carboxylic acids is 2. The zero-order valence-corrected chi connectivity index (χ0v) is 14.2. The Kier molecular flexibility index (Phi) is 5.38. The lowest BCUT2D eigenvalue weighted by Crippen LogP contribution is -2.13. The molecule has 26 heavy (non-hydrogen) atoms. The fraction of sp³-hybridized carbons (Fsp3) is 0.158. The largest absolute Gasteiger partial charge is 0.403 e. The minimum Gasteiger partial charge on any atom is -0.403 e. The molecule has 0 aliphatic carbocycles. The van der Waals surface area contributed by atoms with Crippen molar-refractivity contribution in [3.05, 3.63) is 60.2 Å². The molecule has 0 saturated heterocycles. The zero-order chi connectivity index (χ0) is 18.4. The maximum atomic E-state index is 12.3. The molecule has 0 spiro atoms. The lowest BCUT2D eigenvalue weighted by Gasteiger charge is -2.05. The average Bonchev–Trinajstić information content (AvgIpc) is 3.12. The smallest absolute Gasteiger partial charge is 0.322 e. The van der Waals surface area contributed by atoms with Gasteiger partial charge in [-0.3, -0.25) is 14.9 Å². The summed E-state index contributed by atoms with van der Waals surface area (Å²) in [6, 6.07) is 15.9. The summed E-state index contributed by atoms with van der Waals surface area (Å²) in [4.78, 5) is 23.8. The number of hydrogen-bond donors (Lipinski definition) is 2. The fourth-order valence-electron chi connectivity index (χ4n) is 2.30. The lowest BCUT2D eigenvalue weighted by molar-refractivity contribution is -0.116. The molecule has 0 radical (unpaired) electrons. The van der Waals surface area contributed by atoms with E-state index in [1.54, 1.807) is 24.3 Å². The highest BCUT2D eigenvalue weighted by molar-refractivity contribution is 6.03. The monoisotopic (exact) mass is 350 g/mol. The van der Waals surface area contributed by atoms with E-state index in [4.69, 9.17) is 4.42 Å². The summed E-state index contributed by atoms with van der Waals surface area (Å²) in [6.07, 6.45) is 1.24. The number of nitrogens with one attached hydrogen (secondary N) is 2. The van der Waals surface area contributed by atoms with E-state index in [1.807, 2.05) is 37.3 Å². The molecule has 2 amide bonds.